The zero-order chi connectivity index (χ0) is 11.2. The number of hydrogen-bond acceptors (Lipinski definition) is 6. The number of nitrogens with one attached hydrogen (secondary N) is 1. The Morgan fingerprint density at radius 1 is 1.53 bits per heavy atom. The predicted octanol–water partition coefficient (Wildman–Crippen LogP) is -2.71. The van der Waals surface area contributed by atoms with Crippen LogP contribution in [0.1, 0.15) is 6.92 Å². The summed E-state index contributed by atoms with van der Waals surface area (Å²) in [5.41, 5.74) is -1.35. The van der Waals surface area contributed by atoms with E-state index in [9.17, 15) is 15.0 Å². The molecule has 0 saturated carbocycles. The minimum absolute atomic E-state index is 0.394. The Labute approximate surface area is 85.6 Å². The monoisotopic (exact) mass is 219 g/mol. The molecule has 1 amide bonds. The summed E-state index contributed by atoms with van der Waals surface area (Å²) < 4.78 is 10.1. The third kappa shape index (κ3) is 1.52. The minimum atomic E-state index is -1.35. The van der Waals surface area contributed by atoms with Crippen LogP contribution in [0.15, 0.2) is 0 Å². The summed E-state index contributed by atoms with van der Waals surface area (Å²) >= 11 is 0. The van der Waals surface area contributed by atoms with Crippen LogP contribution in [0.4, 0.5) is 0 Å². The predicted molar refractivity (Wildman–Crippen MR) is 45.4 cm³/mol. The molecule has 0 aromatic rings. The minimum Gasteiger partial charge on any atom is -0.394 e. The molecule has 15 heavy (non-hydrogen) atoms. The second kappa shape index (κ2) is 3.39. The van der Waals surface area contributed by atoms with E-state index >= 15 is 0 Å². The van der Waals surface area contributed by atoms with Gasteiger partial charge in [-0.25, -0.2) is 0 Å². The highest BCUT2D eigenvalue weighted by atomic mass is 16.8. The molecule has 2 rings (SSSR count). The summed E-state index contributed by atoms with van der Waals surface area (Å²) in [5.74, 6) is -0.394. The molecule has 0 radical (unpaired) electrons. The third-order valence-corrected chi connectivity index (χ3v) is 2.59. The summed E-state index contributed by atoms with van der Waals surface area (Å²) in [6.45, 7) is 0.846. The van der Waals surface area contributed by atoms with Crippen LogP contribution in [0.2, 0.25) is 0 Å². The molecule has 2 heterocycles. The van der Waals surface area contributed by atoms with Crippen LogP contribution in [0, 0.1) is 0 Å². The molecule has 0 bridgehead atoms. The maximum Gasteiger partial charge on any atom is 0.224 e. The number of amides is 1. The van der Waals surface area contributed by atoms with Crippen molar-refractivity contribution in [2.24, 2.45) is 0 Å². The third-order valence-electron chi connectivity index (χ3n) is 2.59. The summed E-state index contributed by atoms with van der Waals surface area (Å²) in [7, 11) is 0. The van der Waals surface area contributed by atoms with Crippen LogP contribution in [-0.4, -0.2) is 58.2 Å². The molecular formula is C8H13NO6. The first-order valence-electron chi connectivity index (χ1n) is 4.60. The number of aliphatic hydroxyl groups is 3. The van der Waals surface area contributed by atoms with E-state index in [0.29, 0.717) is 0 Å². The van der Waals surface area contributed by atoms with E-state index in [0.717, 1.165) is 0 Å². The van der Waals surface area contributed by atoms with Gasteiger partial charge in [0, 0.05) is 6.92 Å². The number of carbonyl (C=O) groups excluding carboxylic acids is 1. The first-order valence-corrected chi connectivity index (χ1v) is 4.60. The lowest BCUT2D eigenvalue weighted by Gasteiger charge is -2.33. The number of epoxide rings is 1. The molecule has 0 aromatic heterocycles. The van der Waals surface area contributed by atoms with E-state index < -0.39 is 42.8 Å². The number of carbonyl (C=O) groups is 1. The van der Waals surface area contributed by atoms with Crippen LogP contribution in [0.3, 0.4) is 0 Å². The summed E-state index contributed by atoms with van der Waals surface area (Å²) in [6.07, 6.45) is -4.30. The Bertz CT molecular complexity index is 284. The number of hydrogen-bond donors (Lipinski definition) is 4. The van der Waals surface area contributed by atoms with Crippen LogP contribution in [0.25, 0.3) is 0 Å². The highest BCUT2D eigenvalue weighted by molar-refractivity contribution is 5.74. The van der Waals surface area contributed by atoms with Crippen molar-refractivity contribution in [1.82, 2.24) is 5.32 Å². The quantitative estimate of drug-likeness (QED) is 0.376. The largest absolute Gasteiger partial charge is 0.394 e. The van der Waals surface area contributed by atoms with Crippen LogP contribution in [0.5, 0.6) is 0 Å². The molecule has 86 valence electrons. The highest BCUT2D eigenvalue weighted by Gasteiger charge is 2.70. The van der Waals surface area contributed by atoms with Gasteiger partial charge in [0.05, 0.1) is 6.61 Å². The van der Waals surface area contributed by atoms with E-state index in [1.54, 1.807) is 0 Å². The first-order chi connectivity index (χ1) is 7.01. The van der Waals surface area contributed by atoms with Gasteiger partial charge in [0.2, 0.25) is 17.9 Å². The standard InChI is InChI=1S/C8H13NO6/c1-3(11)9-8-6(13)5(12)4(2-10)14-7(8)15-8/h4-7,10,12-13H,2H2,1H3,(H,9,11)/t4-,5-,6+,7+,8+/m1/s1. The maximum absolute atomic E-state index is 10.9. The number of rotatable bonds is 2. The fourth-order valence-corrected chi connectivity index (χ4v) is 1.77. The summed E-state index contributed by atoms with van der Waals surface area (Å²) in [4.78, 5) is 10.9. The Morgan fingerprint density at radius 2 is 2.20 bits per heavy atom. The van der Waals surface area contributed by atoms with Crippen molar-refractivity contribution in [3.8, 4) is 0 Å². The smallest absolute Gasteiger partial charge is 0.224 e. The zero-order valence-electron chi connectivity index (χ0n) is 8.08. The van der Waals surface area contributed by atoms with Crippen LogP contribution >= 0.6 is 0 Å². The fraction of sp³-hybridized carbons (Fsp3) is 0.875. The van der Waals surface area contributed by atoms with E-state index in [-0.39, 0.29) is 0 Å². The Morgan fingerprint density at radius 3 is 2.73 bits per heavy atom. The molecule has 4 N–H and O–H groups in total. The van der Waals surface area contributed by atoms with Crippen molar-refractivity contribution >= 4 is 5.91 Å². The first kappa shape index (κ1) is 10.8. The van der Waals surface area contributed by atoms with E-state index in [2.05, 4.69) is 5.32 Å². The lowest BCUT2D eigenvalue weighted by Crippen LogP contribution is -2.60. The lowest BCUT2D eigenvalue weighted by atomic mass is 9.98. The number of aliphatic hydroxyl groups excluding tert-OH is 3. The molecule has 2 fully saturated rings. The second-order valence-corrected chi connectivity index (χ2v) is 3.72. The van der Waals surface area contributed by atoms with Gasteiger partial charge >= 0.3 is 0 Å². The lowest BCUT2D eigenvalue weighted by molar-refractivity contribution is -0.165. The fourth-order valence-electron chi connectivity index (χ4n) is 1.77. The van der Waals surface area contributed by atoms with E-state index in [1.165, 1.54) is 6.92 Å². The molecule has 7 nitrogen and oxygen atoms in total. The normalized spacial score (nSPS) is 48.3. The molecule has 0 aromatic carbocycles. The van der Waals surface area contributed by atoms with E-state index in [1.807, 2.05) is 0 Å². The van der Waals surface area contributed by atoms with E-state index in [4.69, 9.17) is 14.6 Å². The SMILES string of the molecule is CC(=O)N[C@@]12O[C@@H]1O[C@H](CO)[C@@H](O)[C@@H]2O. The molecule has 0 aliphatic carbocycles. The Balaban J connectivity index is 2.11. The molecule has 2 saturated heterocycles. The second-order valence-electron chi connectivity index (χ2n) is 3.72. The van der Waals surface area contributed by atoms with Crippen molar-refractivity contribution in [2.75, 3.05) is 6.61 Å². The van der Waals surface area contributed by atoms with Crippen molar-refractivity contribution < 1.29 is 29.6 Å². The highest BCUT2D eigenvalue weighted by Crippen LogP contribution is 2.44. The molecule has 7 heteroatoms. The van der Waals surface area contributed by atoms with Gasteiger partial charge in [-0.1, -0.05) is 0 Å². The summed E-state index contributed by atoms with van der Waals surface area (Å²) in [6, 6.07) is 0. The summed E-state index contributed by atoms with van der Waals surface area (Å²) in [5, 5.41) is 30.5. The topological polar surface area (TPSA) is 112 Å². The number of ether oxygens (including phenoxy) is 2. The van der Waals surface area contributed by atoms with Crippen molar-refractivity contribution in [3.63, 3.8) is 0 Å². The molecule has 0 unspecified atom stereocenters. The van der Waals surface area contributed by atoms with Crippen LogP contribution in [-0.2, 0) is 14.3 Å². The van der Waals surface area contributed by atoms with Gasteiger partial charge in [-0.15, -0.1) is 0 Å². The van der Waals surface area contributed by atoms with Crippen LogP contribution < -0.4 is 5.32 Å². The Kier molecular flexibility index (Phi) is 2.44. The van der Waals surface area contributed by atoms with Gasteiger partial charge in [-0.05, 0) is 0 Å². The molecule has 5 atom stereocenters. The van der Waals surface area contributed by atoms with Gasteiger partial charge < -0.3 is 30.1 Å². The van der Waals surface area contributed by atoms with Gasteiger partial charge in [-0.2, -0.15) is 0 Å². The average Bonchev–Trinajstić information content (AvgIpc) is 2.85. The zero-order valence-corrected chi connectivity index (χ0v) is 8.08. The molecular weight excluding hydrogens is 206 g/mol. The van der Waals surface area contributed by atoms with Crippen molar-refractivity contribution in [2.45, 2.75) is 37.3 Å². The molecule has 0 spiro atoms. The van der Waals surface area contributed by atoms with Gasteiger partial charge in [0.1, 0.15) is 18.3 Å². The van der Waals surface area contributed by atoms with Gasteiger partial charge in [0.25, 0.3) is 0 Å². The molecule has 2 aliphatic rings. The van der Waals surface area contributed by atoms with Gasteiger partial charge in [0.15, 0.2) is 0 Å². The molecule has 2 aliphatic heterocycles. The average molecular weight is 219 g/mol. The number of fused-ring (bicyclic) bond motifs is 1. The van der Waals surface area contributed by atoms with Crippen molar-refractivity contribution in [1.29, 1.82) is 0 Å². The van der Waals surface area contributed by atoms with Crippen molar-refractivity contribution in [3.05, 3.63) is 0 Å². The maximum atomic E-state index is 10.9. The Hall–Kier alpha value is -0.730. The van der Waals surface area contributed by atoms with Gasteiger partial charge in [-0.3, -0.25) is 4.79 Å².